The van der Waals surface area contributed by atoms with Gasteiger partial charge in [-0.3, -0.25) is 9.20 Å². The van der Waals surface area contributed by atoms with Gasteiger partial charge in [-0.15, -0.1) is 0 Å². The van der Waals surface area contributed by atoms with Gasteiger partial charge in [-0.05, 0) is 57.4 Å². The molecule has 1 aliphatic rings. The second-order valence-electron chi connectivity index (χ2n) is 7.89. The van der Waals surface area contributed by atoms with Crippen molar-refractivity contribution in [2.75, 3.05) is 5.75 Å². The molecule has 3 heterocycles. The van der Waals surface area contributed by atoms with Gasteiger partial charge < -0.3 is 4.90 Å². The van der Waals surface area contributed by atoms with Crippen LogP contribution in [0.4, 0.5) is 0 Å². The number of thioether (sulfide) groups is 1. The number of imidazole rings is 1. The van der Waals surface area contributed by atoms with Crippen LogP contribution in [0, 0.1) is 0 Å². The van der Waals surface area contributed by atoms with Crippen LogP contribution < -0.4 is 0 Å². The third-order valence-electron chi connectivity index (χ3n) is 5.92. The molecule has 0 aliphatic carbocycles. The molecule has 5 rings (SSSR count). The highest BCUT2D eigenvalue weighted by Gasteiger charge is 2.29. The summed E-state index contributed by atoms with van der Waals surface area (Å²) in [6.45, 7) is 4.32. The molecule has 0 bridgehead atoms. The number of para-hydroxylation sites is 3. The van der Waals surface area contributed by atoms with E-state index in [0.717, 1.165) is 45.6 Å². The summed E-state index contributed by atoms with van der Waals surface area (Å²) in [6, 6.07) is 16.8. The van der Waals surface area contributed by atoms with Crippen molar-refractivity contribution in [2.45, 2.75) is 50.4 Å². The van der Waals surface area contributed by atoms with Gasteiger partial charge in [-0.2, -0.15) is 0 Å². The van der Waals surface area contributed by atoms with Crippen LogP contribution in [0.5, 0.6) is 0 Å². The van der Waals surface area contributed by atoms with Crippen LogP contribution >= 0.6 is 11.8 Å². The molecule has 2 atom stereocenters. The first-order chi connectivity index (χ1) is 14.1. The third-order valence-corrected chi connectivity index (χ3v) is 6.84. The van der Waals surface area contributed by atoms with E-state index in [9.17, 15) is 4.79 Å². The minimum absolute atomic E-state index is 0.197. The molecule has 1 amide bonds. The van der Waals surface area contributed by atoms with Crippen molar-refractivity contribution in [3.8, 4) is 0 Å². The molecule has 1 saturated heterocycles. The van der Waals surface area contributed by atoms with Gasteiger partial charge in [0.05, 0.1) is 22.3 Å². The fourth-order valence-electron chi connectivity index (χ4n) is 4.52. The van der Waals surface area contributed by atoms with Gasteiger partial charge in [0, 0.05) is 17.5 Å². The summed E-state index contributed by atoms with van der Waals surface area (Å²) in [6.07, 6.45) is 3.38. The summed E-state index contributed by atoms with van der Waals surface area (Å²) < 4.78 is 2.10. The first-order valence-electron chi connectivity index (χ1n) is 10.2. The number of rotatable bonds is 3. The molecule has 0 radical (unpaired) electrons. The molecule has 29 heavy (non-hydrogen) atoms. The Morgan fingerprint density at radius 3 is 2.48 bits per heavy atom. The lowest BCUT2D eigenvalue weighted by Crippen LogP contribution is -2.48. The molecule has 0 saturated carbocycles. The molecular weight excluding hydrogens is 380 g/mol. The zero-order chi connectivity index (χ0) is 20.0. The van der Waals surface area contributed by atoms with Crippen LogP contribution in [-0.4, -0.2) is 43.0 Å². The van der Waals surface area contributed by atoms with Gasteiger partial charge in [0.15, 0.2) is 5.16 Å². The SMILES string of the molecule is C[C@@H]1CCC[C@H](C)N1C(=O)CSc1nc2ccccc2c2nc3ccccc3n12. The van der Waals surface area contributed by atoms with Crippen molar-refractivity contribution in [3.63, 3.8) is 0 Å². The van der Waals surface area contributed by atoms with E-state index in [1.807, 2.05) is 36.4 Å². The molecule has 1 fully saturated rings. The minimum atomic E-state index is 0.197. The van der Waals surface area contributed by atoms with Crippen LogP contribution in [0.1, 0.15) is 33.1 Å². The topological polar surface area (TPSA) is 50.5 Å². The van der Waals surface area contributed by atoms with E-state index in [4.69, 9.17) is 9.97 Å². The lowest BCUT2D eigenvalue weighted by Gasteiger charge is -2.39. The molecule has 0 spiro atoms. The summed E-state index contributed by atoms with van der Waals surface area (Å²) in [5.41, 5.74) is 3.77. The molecule has 5 nitrogen and oxygen atoms in total. The van der Waals surface area contributed by atoms with Gasteiger partial charge in [-0.1, -0.05) is 36.0 Å². The van der Waals surface area contributed by atoms with Crippen molar-refractivity contribution in [1.82, 2.24) is 19.3 Å². The summed E-state index contributed by atoms with van der Waals surface area (Å²) in [4.78, 5) is 24.9. The quantitative estimate of drug-likeness (QED) is 0.359. The Morgan fingerprint density at radius 1 is 1.00 bits per heavy atom. The van der Waals surface area contributed by atoms with Crippen LogP contribution in [-0.2, 0) is 4.79 Å². The van der Waals surface area contributed by atoms with Crippen molar-refractivity contribution in [2.24, 2.45) is 0 Å². The Balaban J connectivity index is 1.56. The van der Waals surface area contributed by atoms with Crippen LogP contribution in [0.3, 0.4) is 0 Å². The number of aromatic nitrogens is 3. The number of hydrogen-bond acceptors (Lipinski definition) is 4. The van der Waals surface area contributed by atoms with Crippen LogP contribution in [0.2, 0.25) is 0 Å². The third kappa shape index (κ3) is 3.15. The number of piperidine rings is 1. The second-order valence-corrected chi connectivity index (χ2v) is 8.83. The smallest absolute Gasteiger partial charge is 0.233 e. The van der Waals surface area contributed by atoms with Crippen molar-refractivity contribution < 1.29 is 4.79 Å². The number of amides is 1. The standard InChI is InChI=1S/C23H24N4OS/c1-15-8-7-9-16(2)26(15)21(28)14-29-23-25-18-11-4-3-10-17(18)22-24-19-12-5-6-13-20(19)27(22)23/h3-6,10-13,15-16H,7-9,14H2,1-2H3/t15-,16+. The predicted molar refractivity (Wildman–Crippen MR) is 118 cm³/mol. The maximum Gasteiger partial charge on any atom is 0.233 e. The Kier molecular flexibility index (Phi) is 4.66. The lowest BCUT2D eigenvalue weighted by atomic mass is 9.98. The average Bonchev–Trinajstić information content (AvgIpc) is 3.12. The maximum atomic E-state index is 13.0. The first-order valence-corrected chi connectivity index (χ1v) is 11.2. The van der Waals surface area contributed by atoms with Crippen molar-refractivity contribution >= 4 is 45.3 Å². The molecule has 0 unspecified atom stereocenters. The molecule has 148 valence electrons. The molecule has 2 aromatic carbocycles. The molecule has 1 aliphatic heterocycles. The van der Waals surface area contributed by atoms with Gasteiger partial charge in [0.25, 0.3) is 0 Å². The molecular formula is C23H24N4OS. The average molecular weight is 405 g/mol. The monoisotopic (exact) mass is 404 g/mol. The molecule has 4 aromatic rings. The lowest BCUT2D eigenvalue weighted by molar-refractivity contribution is -0.134. The Labute approximate surface area is 174 Å². The summed E-state index contributed by atoms with van der Waals surface area (Å²) in [5.74, 6) is 0.587. The van der Waals surface area contributed by atoms with Crippen LogP contribution in [0.15, 0.2) is 53.7 Å². The van der Waals surface area contributed by atoms with E-state index in [-0.39, 0.29) is 5.91 Å². The van der Waals surface area contributed by atoms with Crippen molar-refractivity contribution in [1.29, 1.82) is 0 Å². The highest BCUT2D eigenvalue weighted by Crippen LogP contribution is 2.30. The first kappa shape index (κ1) is 18.4. The Morgan fingerprint density at radius 2 is 1.69 bits per heavy atom. The summed E-state index contributed by atoms with van der Waals surface area (Å²) in [7, 11) is 0. The normalized spacial score (nSPS) is 20.0. The maximum absolute atomic E-state index is 13.0. The number of fused-ring (bicyclic) bond motifs is 5. The van der Waals surface area contributed by atoms with Crippen molar-refractivity contribution in [3.05, 3.63) is 48.5 Å². The van der Waals surface area contributed by atoms with Crippen LogP contribution in [0.25, 0.3) is 27.6 Å². The molecule has 0 N–H and O–H groups in total. The highest BCUT2D eigenvalue weighted by atomic mass is 32.2. The van der Waals surface area contributed by atoms with Gasteiger partial charge in [0.2, 0.25) is 5.91 Å². The Hall–Kier alpha value is -2.60. The number of carbonyl (C=O) groups is 1. The van der Waals surface area contributed by atoms with E-state index in [1.165, 1.54) is 18.2 Å². The van der Waals surface area contributed by atoms with E-state index in [2.05, 4.69) is 35.3 Å². The fourth-order valence-corrected chi connectivity index (χ4v) is 5.40. The van der Waals surface area contributed by atoms with Gasteiger partial charge in [0.1, 0.15) is 5.65 Å². The Bertz CT molecular complexity index is 1210. The summed E-state index contributed by atoms with van der Waals surface area (Å²) in [5, 5.41) is 1.84. The van der Waals surface area contributed by atoms with E-state index >= 15 is 0 Å². The fraction of sp³-hybridized carbons (Fsp3) is 0.348. The molecule has 6 heteroatoms. The zero-order valence-corrected chi connectivity index (χ0v) is 17.5. The van der Waals surface area contributed by atoms with Gasteiger partial charge >= 0.3 is 0 Å². The summed E-state index contributed by atoms with van der Waals surface area (Å²) >= 11 is 1.51. The van der Waals surface area contributed by atoms with E-state index in [0.29, 0.717) is 17.8 Å². The number of carbonyl (C=O) groups excluding carboxylic acids is 1. The minimum Gasteiger partial charge on any atom is -0.337 e. The largest absolute Gasteiger partial charge is 0.337 e. The van der Waals surface area contributed by atoms with Gasteiger partial charge in [-0.25, -0.2) is 9.97 Å². The zero-order valence-electron chi connectivity index (χ0n) is 16.7. The highest BCUT2D eigenvalue weighted by molar-refractivity contribution is 7.99. The predicted octanol–water partition coefficient (Wildman–Crippen LogP) is 4.92. The van der Waals surface area contributed by atoms with E-state index < -0.39 is 0 Å². The number of benzene rings is 2. The second kappa shape index (κ2) is 7.34. The van der Waals surface area contributed by atoms with E-state index in [1.54, 1.807) is 0 Å². The number of hydrogen-bond donors (Lipinski definition) is 0. The number of nitrogens with zero attached hydrogens (tertiary/aromatic N) is 4. The molecule has 2 aromatic heterocycles. The number of likely N-dealkylation sites (tertiary alicyclic amines) is 1.